The van der Waals surface area contributed by atoms with Gasteiger partial charge >= 0.3 is 0 Å². The summed E-state index contributed by atoms with van der Waals surface area (Å²) in [6, 6.07) is 9.78. The number of hydrogen-bond donors (Lipinski definition) is 2. The van der Waals surface area contributed by atoms with E-state index in [4.69, 9.17) is 4.74 Å². The fourth-order valence-corrected chi connectivity index (χ4v) is 2.42. The highest BCUT2D eigenvalue weighted by Gasteiger charge is 2.09. The molecule has 3 rings (SSSR count). The Labute approximate surface area is 117 Å². The first-order chi connectivity index (χ1) is 9.83. The molecule has 0 unspecified atom stereocenters. The number of H-pyrrole nitrogens is 1. The number of aromatic amines is 1. The number of rotatable bonds is 4. The maximum Gasteiger partial charge on any atom is 0.267 e. The highest BCUT2D eigenvalue weighted by Crippen LogP contribution is 2.15. The van der Waals surface area contributed by atoms with Crippen LogP contribution >= 0.6 is 0 Å². The van der Waals surface area contributed by atoms with Crippen LogP contribution in [0.3, 0.4) is 0 Å². The summed E-state index contributed by atoms with van der Waals surface area (Å²) in [5, 5.41) is 4.02. The zero-order chi connectivity index (χ0) is 13.8. The third-order valence-electron chi connectivity index (χ3n) is 3.56. The molecule has 1 aromatic heterocycles. The summed E-state index contributed by atoms with van der Waals surface area (Å²) in [7, 11) is 0. The van der Waals surface area contributed by atoms with Gasteiger partial charge in [0.15, 0.2) is 0 Å². The predicted molar refractivity (Wildman–Crippen MR) is 78.8 cm³/mol. The molecule has 0 aliphatic carbocycles. The van der Waals surface area contributed by atoms with Gasteiger partial charge in [0, 0.05) is 17.4 Å². The van der Waals surface area contributed by atoms with Crippen molar-refractivity contribution in [1.82, 2.24) is 10.3 Å². The first-order valence-electron chi connectivity index (χ1n) is 6.94. The number of nitrogens with one attached hydrogen (secondary N) is 2. The molecule has 20 heavy (non-hydrogen) atoms. The molecule has 1 aromatic carbocycles. The number of hydrogen-bond acceptors (Lipinski definition) is 2. The Bertz CT molecular complexity index is 610. The van der Waals surface area contributed by atoms with Crippen LogP contribution in [0.1, 0.15) is 23.3 Å². The molecule has 1 aliphatic rings. The highest BCUT2D eigenvalue weighted by molar-refractivity contribution is 5.97. The smallest absolute Gasteiger partial charge is 0.267 e. The molecular weight excluding hydrogens is 252 g/mol. The van der Waals surface area contributed by atoms with Gasteiger partial charge in [0.1, 0.15) is 5.69 Å². The van der Waals surface area contributed by atoms with E-state index in [9.17, 15) is 4.79 Å². The van der Waals surface area contributed by atoms with E-state index in [1.807, 2.05) is 30.3 Å². The lowest BCUT2D eigenvalue weighted by Gasteiger charge is -2.13. The lowest BCUT2D eigenvalue weighted by molar-refractivity contribution is 0.0949. The molecule has 0 atom stereocenters. The van der Waals surface area contributed by atoms with E-state index in [0.29, 0.717) is 18.8 Å². The monoisotopic (exact) mass is 270 g/mol. The Morgan fingerprint density at radius 2 is 2.25 bits per heavy atom. The molecule has 0 saturated carbocycles. The minimum Gasteiger partial charge on any atom is -0.377 e. The fraction of sp³-hybridized carbons (Fsp3) is 0.312. The lowest BCUT2D eigenvalue weighted by atomic mass is 10.1. The van der Waals surface area contributed by atoms with Crippen LogP contribution in [-0.2, 0) is 4.74 Å². The molecule has 4 heteroatoms. The van der Waals surface area contributed by atoms with Crippen LogP contribution in [0.2, 0.25) is 0 Å². The van der Waals surface area contributed by atoms with Crippen LogP contribution < -0.4 is 5.32 Å². The number of para-hydroxylation sites is 1. The van der Waals surface area contributed by atoms with Crippen LogP contribution in [0, 0.1) is 0 Å². The zero-order valence-corrected chi connectivity index (χ0v) is 11.3. The van der Waals surface area contributed by atoms with E-state index in [1.165, 1.54) is 5.57 Å². The van der Waals surface area contributed by atoms with Gasteiger partial charge in [-0.15, -0.1) is 0 Å². The van der Waals surface area contributed by atoms with E-state index in [0.717, 1.165) is 30.4 Å². The van der Waals surface area contributed by atoms with Crippen molar-refractivity contribution in [2.45, 2.75) is 12.8 Å². The molecule has 1 aliphatic heterocycles. The Hall–Kier alpha value is -2.07. The number of fused-ring (bicyclic) bond motifs is 1. The number of carbonyl (C=O) groups excluding carboxylic acids is 1. The first-order valence-corrected chi connectivity index (χ1v) is 6.94. The molecule has 104 valence electrons. The molecule has 0 spiro atoms. The molecule has 0 radical (unpaired) electrons. The number of amides is 1. The third-order valence-corrected chi connectivity index (χ3v) is 3.56. The van der Waals surface area contributed by atoms with Gasteiger partial charge in [-0.05, 0) is 25.0 Å². The van der Waals surface area contributed by atoms with Crippen molar-refractivity contribution in [2.24, 2.45) is 0 Å². The average molecular weight is 270 g/mol. The molecule has 2 N–H and O–H groups in total. The van der Waals surface area contributed by atoms with Crippen LogP contribution in [0.15, 0.2) is 42.0 Å². The maximum absolute atomic E-state index is 12.1. The third kappa shape index (κ3) is 2.91. The zero-order valence-electron chi connectivity index (χ0n) is 11.3. The van der Waals surface area contributed by atoms with E-state index in [-0.39, 0.29) is 5.91 Å². The average Bonchev–Trinajstić information content (AvgIpc) is 2.92. The van der Waals surface area contributed by atoms with Crippen molar-refractivity contribution in [2.75, 3.05) is 19.8 Å². The summed E-state index contributed by atoms with van der Waals surface area (Å²) in [5.41, 5.74) is 2.98. The summed E-state index contributed by atoms with van der Waals surface area (Å²) < 4.78 is 5.26. The van der Waals surface area contributed by atoms with Crippen LogP contribution in [0.5, 0.6) is 0 Å². The SMILES string of the molecule is O=C(NCCC1=CCOCC1)c1cc2ccccc2[nH]1. The molecule has 2 aromatic rings. The standard InChI is InChI=1S/C16H18N2O2/c19-16(17-8-5-12-6-9-20-10-7-12)15-11-13-3-1-2-4-14(13)18-15/h1-4,6,11,18H,5,7-10H2,(H,17,19). The largest absolute Gasteiger partial charge is 0.377 e. The summed E-state index contributed by atoms with van der Waals surface area (Å²) in [6.07, 6.45) is 3.98. The highest BCUT2D eigenvalue weighted by atomic mass is 16.5. The van der Waals surface area contributed by atoms with Crippen molar-refractivity contribution >= 4 is 16.8 Å². The minimum atomic E-state index is -0.0474. The molecule has 2 heterocycles. The number of carbonyl (C=O) groups is 1. The Kier molecular flexibility index (Phi) is 3.83. The number of benzene rings is 1. The van der Waals surface area contributed by atoms with Crippen molar-refractivity contribution < 1.29 is 9.53 Å². The molecule has 0 bridgehead atoms. The quantitative estimate of drug-likeness (QED) is 0.839. The second-order valence-corrected chi connectivity index (χ2v) is 4.96. The van der Waals surface area contributed by atoms with E-state index < -0.39 is 0 Å². The minimum absolute atomic E-state index is 0.0474. The van der Waals surface area contributed by atoms with Gasteiger partial charge in [-0.1, -0.05) is 29.8 Å². The fourth-order valence-electron chi connectivity index (χ4n) is 2.42. The maximum atomic E-state index is 12.1. The second kappa shape index (κ2) is 5.92. The number of aromatic nitrogens is 1. The van der Waals surface area contributed by atoms with E-state index >= 15 is 0 Å². The van der Waals surface area contributed by atoms with Crippen molar-refractivity contribution in [3.63, 3.8) is 0 Å². The molecule has 4 nitrogen and oxygen atoms in total. The lowest BCUT2D eigenvalue weighted by Crippen LogP contribution is -2.25. The van der Waals surface area contributed by atoms with Gasteiger partial charge in [0.05, 0.1) is 13.2 Å². The second-order valence-electron chi connectivity index (χ2n) is 4.96. The van der Waals surface area contributed by atoms with Crippen molar-refractivity contribution in [3.8, 4) is 0 Å². The van der Waals surface area contributed by atoms with Gasteiger partial charge in [0.2, 0.25) is 0 Å². The van der Waals surface area contributed by atoms with Crippen molar-refractivity contribution in [3.05, 3.63) is 47.7 Å². The molecule has 0 fully saturated rings. The van der Waals surface area contributed by atoms with Crippen LogP contribution in [-0.4, -0.2) is 30.6 Å². The van der Waals surface area contributed by atoms with E-state index in [1.54, 1.807) is 0 Å². The van der Waals surface area contributed by atoms with Gasteiger partial charge in [-0.3, -0.25) is 4.79 Å². The number of ether oxygens (including phenoxy) is 1. The Balaban J connectivity index is 1.57. The Morgan fingerprint density at radius 3 is 3.05 bits per heavy atom. The Morgan fingerprint density at radius 1 is 1.35 bits per heavy atom. The van der Waals surface area contributed by atoms with Gasteiger partial charge < -0.3 is 15.0 Å². The molecular formula is C16H18N2O2. The van der Waals surface area contributed by atoms with E-state index in [2.05, 4.69) is 16.4 Å². The molecule has 0 saturated heterocycles. The summed E-state index contributed by atoms with van der Waals surface area (Å²) in [5.74, 6) is -0.0474. The van der Waals surface area contributed by atoms with Gasteiger partial charge in [-0.2, -0.15) is 0 Å². The van der Waals surface area contributed by atoms with Crippen LogP contribution in [0.25, 0.3) is 10.9 Å². The predicted octanol–water partition coefficient (Wildman–Crippen LogP) is 2.63. The summed E-state index contributed by atoms with van der Waals surface area (Å²) >= 11 is 0. The summed E-state index contributed by atoms with van der Waals surface area (Å²) in [4.78, 5) is 15.2. The summed E-state index contributed by atoms with van der Waals surface area (Å²) in [6.45, 7) is 2.16. The van der Waals surface area contributed by atoms with Gasteiger partial charge in [-0.25, -0.2) is 0 Å². The van der Waals surface area contributed by atoms with Gasteiger partial charge in [0.25, 0.3) is 5.91 Å². The first kappa shape index (κ1) is 12.9. The topological polar surface area (TPSA) is 54.1 Å². The molecule has 1 amide bonds. The van der Waals surface area contributed by atoms with Crippen LogP contribution in [0.4, 0.5) is 0 Å². The van der Waals surface area contributed by atoms with Crippen molar-refractivity contribution in [1.29, 1.82) is 0 Å². The normalized spacial score (nSPS) is 15.1.